The Labute approximate surface area is 225 Å². The standard InChI is InChI=1S/C28H36N8S/c1-2-13-29-28(37)32-27-30-25(35-18-14-33(15-19-35)23-9-5-3-6-10-23)22-26(31-27)36-20-16-34(17-21-36)24-11-7-4-8-12-24/h3-12,22H,2,13-21H2,1H3,(H2,29,30,31,32,37). The van der Waals surface area contributed by atoms with Crippen LogP contribution in [0.3, 0.4) is 0 Å². The van der Waals surface area contributed by atoms with Crippen molar-refractivity contribution in [3.8, 4) is 0 Å². The number of rotatable bonds is 7. The zero-order valence-corrected chi connectivity index (χ0v) is 22.3. The molecule has 2 saturated heterocycles. The summed E-state index contributed by atoms with van der Waals surface area (Å²) in [6.07, 6.45) is 1.01. The first-order valence-corrected chi connectivity index (χ1v) is 13.6. The van der Waals surface area contributed by atoms with Crippen molar-refractivity contribution >= 4 is 46.3 Å². The summed E-state index contributed by atoms with van der Waals surface area (Å²) in [5.41, 5.74) is 2.55. The van der Waals surface area contributed by atoms with Gasteiger partial charge in [-0.2, -0.15) is 9.97 Å². The molecule has 0 saturated carbocycles. The van der Waals surface area contributed by atoms with Crippen molar-refractivity contribution in [2.24, 2.45) is 0 Å². The zero-order valence-electron chi connectivity index (χ0n) is 21.5. The number of hydrogen-bond acceptors (Lipinski definition) is 7. The van der Waals surface area contributed by atoms with Crippen LogP contribution in [-0.4, -0.2) is 74.0 Å². The molecule has 2 aliphatic rings. The first kappa shape index (κ1) is 25.1. The van der Waals surface area contributed by atoms with Gasteiger partial charge in [-0.05, 0) is 42.9 Å². The van der Waals surface area contributed by atoms with Crippen LogP contribution in [0.1, 0.15) is 13.3 Å². The first-order valence-electron chi connectivity index (χ1n) is 13.2. The highest BCUT2D eigenvalue weighted by Crippen LogP contribution is 2.26. The van der Waals surface area contributed by atoms with Crippen LogP contribution in [0, 0.1) is 0 Å². The third-order valence-corrected chi connectivity index (χ3v) is 7.16. The molecular formula is C28H36N8S. The predicted molar refractivity (Wildman–Crippen MR) is 158 cm³/mol. The van der Waals surface area contributed by atoms with E-state index in [1.165, 1.54) is 11.4 Å². The van der Waals surface area contributed by atoms with Crippen LogP contribution in [-0.2, 0) is 0 Å². The Kier molecular flexibility index (Phi) is 8.20. The van der Waals surface area contributed by atoms with Crippen LogP contribution in [0.4, 0.5) is 29.0 Å². The maximum Gasteiger partial charge on any atom is 0.232 e. The maximum atomic E-state index is 5.50. The molecule has 0 atom stereocenters. The minimum atomic E-state index is 0.553. The summed E-state index contributed by atoms with van der Waals surface area (Å²) in [6, 6.07) is 23.4. The van der Waals surface area contributed by atoms with Gasteiger partial charge in [0, 0.05) is 76.3 Å². The largest absolute Gasteiger partial charge is 0.368 e. The highest BCUT2D eigenvalue weighted by molar-refractivity contribution is 7.80. The average Bonchev–Trinajstić information content (AvgIpc) is 2.97. The fraction of sp³-hybridized carbons (Fsp3) is 0.393. The molecule has 1 aromatic heterocycles. The highest BCUT2D eigenvalue weighted by atomic mass is 32.1. The normalized spacial score (nSPS) is 16.0. The van der Waals surface area contributed by atoms with Crippen molar-refractivity contribution in [2.45, 2.75) is 13.3 Å². The van der Waals surface area contributed by atoms with E-state index < -0.39 is 0 Å². The molecule has 2 aromatic carbocycles. The van der Waals surface area contributed by atoms with E-state index in [1.54, 1.807) is 0 Å². The van der Waals surface area contributed by atoms with Crippen molar-refractivity contribution < 1.29 is 0 Å². The van der Waals surface area contributed by atoms with Crippen LogP contribution < -0.4 is 30.2 Å². The molecule has 37 heavy (non-hydrogen) atoms. The van der Waals surface area contributed by atoms with Gasteiger partial charge in [0.15, 0.2) is 5.11 Å². The van der Waals surface area contributed by atoms with E-state index in [2.05, 4.69) is 104 Å². The number of aromatic nitrogens is 2. The molecule has 194 valence electrons. The smallest absolute Gasteiger partial charge is 0.232 e. The molecule has 9 heteroatoms. The molecule has 0 unspecified atom stereocenters. The monoisotopic (exact) mass is 516 g/mol. The molecule has 0 bridgehead atoms. The van der Waals surface area contributed by atoms with Crippen molar-refractivity contribution in [3.05, 3.63) is 66.7 Å². The SMILES string of the molecule is CCCNC(=S)Nc1nc(N2CCN(c3ccccc3)CC2)cc(N2CCN(c3ccccc3)CC2)n1. The van der Waals surface area contributed by atoms with E-state index in [-0.39, 0.29) is 0 Å². The molecule has 3 aromatic rings. The Bertz CT molecular complexity index is 1070. The molecule has 0 amide bonds. The number of para-hydroxylation sites is 2. The van der Waals surface area contributed by atoms with Gasteiger partial charge in [0.05, 0.1) is 0 Å². The lowest BCUT2D eigenvalue weighted by Gasteiger charge is -2.38. The molecule has 0 spiro atoms. The molecule has 0 radical (unpaired) electrons. The van der Waals surface area contributed by atoms with Crippen molar-refractivity contribution in [1.29, 1.82) is 0 Å². The second-order valence-corrected chi connectivity index (χ2v) is 9.82. The Morgan fingerprint density at radius 2 is 1.14 bits per heavy atom. The van der Waals surface area contributed by atoms with Crippen LogP contribution in [0.15, 0.2) is 66.7 Å². The zero-order chi connectivity index (χ0) is 25.5. The van der Waals surface area contributed by atoms with Gasteiger partial charge in [0.1, 0.15) is 11.6 Å². The van der Waals surface area contributed by atoms with Gasteiger partial charge in [-0.15, -0.1) is 0 Å². The van der Waals surface area contributed by atoms with Gasteiger partial charge < -0.3 is 30.2 Å². The van der Waals surface area contributed by atoms with Gasteiger partial charge in [-0.25, -0.2) is 0 Å². The lowest BCUT2D eigenvalue weighted by molar-refractivity contribution is 0.639. The van der Waals surface area contributed by atoms with Crippen LogP contribution >= 0.6 is 12.2 Å². The third-order valence-electron chi connectivity index (χ3n) is 6.91. The molecule has 3 heterocycles. The average molecular weight is 517 g/mol. The Morgan fingerprint density at radius 1 is 0.703 bits per heavy atom. The van der Waals surface area contributed by atoms with E-state index in [9.17, 15) is 0 Å². The van der Waals surface area contributed by atoms with E-state index in [4.69, 9.17) is 22.2 Å². The van der Waals surface area contributed by atoms with Gasteiger partial charge in [-0.3, -0.25) is 0 Å². The Balaban J connectivity index is 1.31. The Morgan fingerprint density at radius 3 is 1.57 bits per heavy atom. The lowest BCUT2D eigenvalue weighted by Crippen LogP contribution is -2.48. The fourth-order valence-corrected chi connectivity index (χ4v) is 5.04. The summed E-state index contributed by atoms with van der Waals surface area (Å²) in [4.78, 5) is 19.4. The summed E-state index contributed by atoms with van der Waals surface area (Å²) < 4.78 is 0. The molecule has 2 aliphatic heterocycles. The molecule has 0 aliphatic carbocycles. The number of thiocarbonyl (C=S) groups is 1. The molecule has 2 fully saturated rings. The predicted octanol–water partition coefficient (Wildman–Crippen LogP) is 3.83. The van der Waals surface area contributed by atoms with Crippen LogP contribution in [0.5, 0.6) is 0 Å². The van der Waals surface area contributed by atoms with E-state index in [0.29, 0.717) is 11.1 Å². The number of anilines is 5. The Hall–Kier alpha value is -3.59. The number of hydrogen-bond donors (Lipinski definition) is 2. The van der Waals surface area contributed by atoms with Gasteiger partial charge in [0.25, 0.3) is 0 Å². The lowest BCUT2D eigenvalue weighted by atomic mass is 10.2. The quantitative estimate of drug-likeness (QED) is 0.456. The number of benzene rings is 2. The van der Waals surface area contributed by atoms with E-state index in [1.807, 2.05) is 0 Å². The summed E-state index contributed by atoms with van der Waals surface area (Å²) in [5.74, 6) is 2.45. The maximum absolute atomic E-state index is 5.50. The third kappa shape index (κ3) is 6.40. The van der Waals surface area contributed by atoms with Crippen molar-refractivity contribution in [1.82, 2.24) is 15.3 Å². The fourth-order valence-electron chi connectivity index (χ4n) is 4.85. The topological polar surface area (TPSA) is 62.8 Å². The number of piperazine rings is 2. The van der Waals surface area contributed by atoms with Crippen LogP contribution in [0.2, 0.25) is 0 Å². The van der Waals surface area contributed by atoms with Crippen molar-refractivity contribution in [2.75, 3.05) is 83.8 Å². The molecule has 8 nitrogen and oxygen atoms in total. The van der Waals surface area contributed by atoms with E-state index in [0.717, 1.165) is 77.0 Å². The minimum absolute atomic E-state index is 0.553. The van der Waals surface area contributed by atoms with E-state index >= 15 is 0 Å². The molecule has 2 N–H and O–H groups in total. The summed E-state index contributed by atoms with van der Waals surface area (Å²) in [7, 11) is 0. The van der Waals surface area contributed by atoms with Crippen molar-refractivity contribution in [3.63, 3.8) is 0 Å². The number of nitrogens with zero attached hydrogens (tertiary/aromatic N) is 6. The summed E-state index contributed by atoms with van der Waals surface area (Å²) in [5, 5.41) is 7.02. The first-order chi connectivity index (χ1) is 18.2. The second-order valence-electron chi connectivity index (χ2n) is 9.41. The van der Waals surface area contributed by atoms with Crippen LogP contribution in [0.25, 0.3) is 0 Å². The molecular weight excluding hydrogens is 480 g/mol. The highest BCUT2D eigenvalue weighted by Gasteiger charge is 2.23. The minimum Gasteiger partial charge on any atom is -0.368 e. The summed E-state index contributed by atoms with van der Waals surface area (Å²) in [6.45, 7) is 10.4. The van der Waals surface area contributed by atoms with Gasteiger partial charge in [-0.1, -0.05) is 43.3 Å². The van der Waals surface area contributed by atoms with Gasteiger partial charge >= 0.3 is 0 Å². The molecule has 5 rings (SSSR count). The van der Waals surface area contributed by atoms with Gasteiger partial charge in [0.2, 0.25) is 5.95 Å². The second kappa shape index (κ2) is 12.1. The number of nitrogens with one attached hydrogen (secondary N) is 2. The summed E-state index contributed by atoms with van der Waals surface area (Å²) >= 11 is 5.50.